The van der Waals surface area contributed by atoms with E-state index in [1.165, 1.54) is 30.5 Å². The Bertz CT molecular complexity index is 892. The highest BCUT2D eigenvalue weighted by atomic mass is 32.1. The first kappa shape index (κ1) is 24.2. The van der Waals surface area contributed by atoms with E-state index in [1.807, 2.05) is 17.5 Å². The minimum absolute atomic E-state index is 0.188. The fourth-order valence-electron chi connectivity index (χ4n) is 2.81. The van der Waals surface area contributed by atoms with E-state index < -0.39 is 29.6 Å². The van der Waals surface area contributed by atoms with Crippen molar-refractivity contribution in [1.29, 1.82) is 0 Å². The van der Waals surface area contributed by atoms with Crippen LogP contribution in [0.25, 0.3) is 0 Å². The number of ether oxygens (including phenoxy) is 3. The molecule has 0 bridgehead atoms. The van der Waals surface area contributed by atoms with Crippen LogP contribution in [0.2, 0.25) is 0 Å². The van der Waals surface area contributed by atoms with E-state index in [1.54, 1.807) is 45.0 Å². The highest BCUT2D eigenvalue weighted by molar-refractivity contribution is 7.09. The molecule has 0 aliphatic heterocycles. The van der Waals surface area contributed by atoms with Crippen molar-refractivity contribution in [3.8, 4) is 5.75 Å². The fourth-order valence-corrected chi connectivity index (χ4v) is 3.53. The first-order chi connectivity index (χ1) is 14.6. The lowest BCUT2D eigenvalue weighted by atomic mass is 10.0. The molecule has 0 saturated carbocycles. The molecule has 2 rings (SSSR count). The summed E-state index contributed by atoms with van der Waals surface area (Å²) >= 11 is 1.46. The van der Waals surface area contributed by atoms with E-state index in [2.05, 4.69) is 5.32 Å². The zero-order valence-electron chi connectivity index (χ0n) is 18.3. The zero-order chi connectivity index (χ0) is 23.0. The number of nitrogens with one attached hydrogen (secondary N) is 1. The second kappa shape index (κ2) is 10.8. The average Bonchev–Trinajstić information content (AvgIpc) is 3.22. The Labute approximate surface area is 186 Å². The molecular formula is C22H28N2O6S. The summed E-state index contributed by atoms with van der Waals surface area (Å²) in [5.74, 6) is -0.638. The van der Waals surface area contributed by atoms with E-state index in [4.69, 9.17) is 14.2 Å². The lowest BCUT2D eigenvalue weighted by Crippen LogP contribution is -2.45. The third-order valence-electron chi connectivity index (χ3n) is 4.14. The molecule has 0 radical (unpaired) electrons. The molecule has 2 aromatic rings. The Kier molecular flexibility index (Phi) is 8.44. The maximum atomic E-state index is 13.6. The van der Waals surface area contributed by atoms with Gasteiger partial charge in [0.05, 0.1) is 20.8 Å². The van der Waals surface area contributed by atoms with Crippen LogP contribution in [0, 0.1) is 0 Å². The Balaban J connectivity index is 2.41. The lowest BCUT2D eigenvalue weighted by molar-refractivity contribution is -0.148. The van der Waals surface area contributed by atoms with Crippen molar-refractivity contribution in [2.75, 3.05) is 20.8 Å². The van der Waals surface area contributed by atoms with Gasteiger partial charge in [0, 0.05) is 10.4 Å². The minimum atomic E-state index is -1.13. The van der Waals surface area contributed by atoms with Gasteiger partial charge >= 0.3 is 12.1 Å². The standard InChI is InChI=1S/C22H28N2O6S/c1-22(2,3)30-21(27)23-19(16-10-6-7-11-17(16)28-4)20(26)24(14-18(25)29-5)13-15-9-8-12-31-15/h6-12,19H,13-14H2,1-5H3,(H,23,27)/t19-/m1/s1. The van der Waals surface area contributed by atoms with Crippen molar-refractivity contribution in [1.82, 2.24) is 10.2 Å². The molecule has 1 N–H and O–H groups in total. The monoisotopic (exact) mass is 448 g/mol. The van der Waals surface area contributed by atoms with E-state index in [0.29, 0.717) is 11.3 Å². The number of hydrogen-bond acceptors (Lipinski definition) is 7. The Morgan fingerprint density at radius 3 is 2.39 bits per heavy atom. The predicted octanol–water partition coefficient (Wildman–Crippen LogP) is 3.52. The molecule has 0 fully saturated rings. The Hall–Kier alpha value is -3.07. The summed E-state index contributed by atoms with van der Waals surface area (Å²) in [4.78, 5) is 40.3. The maximum absolute atomic E-state index is 13.6. The van der Waals surface area contributed by atoms with E-state index in [-0.39, 0.29) is 13.1 Å². The molecule has 168 valence electrons. The van der Waals surface area contributed by atoms with E-state index >= 15 is 0 Å². The van der Waals surface area contributed by atoms with Crippen LogP contribution in [0.3, 0.4) is 0 Å². The van der Waals surface area contributed by atoms with Gasteiger partial charge in [0.2, 0.25) is 0 Å². The van der Waals surface area contributed by atoms with Gasteiger partial charge in [0.1, 0.15) is 23.9 Å². The summed E-state index contributed by atoms with van der Waals surface area (Å²) in [7, 11) is 2.73. The normalized spacial score (nSPS) is 11.9. The summed E-state index contributed by atoms with van der Waals surface area (Å²) in [6, 6.07) is 9.46. The van der Waals surface area contributed by atoms with Crippen molar-refractivity contribution in [2.24, 2.45) is 0 Å². The molecule has 2 amide bonds. The zero-order valence-corrected chi connectivity index (χ0v) is 19.2. The molecule has 1 aromatic heterocycles. The number of alkyl carbamates (subject to hydrolysis) is 1. The molecule has 1 aromatic carbocycles. The number of nitrogens with zero attached hydrogens (tertiary/aromatic N) is 1. The minimum Gasteiger partial charge on any atom is -0.496 e. The Morgan fingerprint density at radius 2 is 1.81 bits per heavy atom. The van der Waals surface area contributed by atoms with Gasteiger partial charge in [-0.1, -0.05) is 24.3 Å². The largest absolute Gasteiger partial charge is 0.496 e. The first-order valence-corrected chi connectivity index (χ1v) is 10.5. The number of hydrogen-bond donors (Lipinski definition) is 1. The molecule has 0 spiro atoms. The van der Waals surface area contributed by atoms with Crippen LogP contribution in [0.1, 0.15) is 37.3 Å². The number of benzene rings is 1. The van der Waals surface area contributed by atoms with Crippen LogP contribution < -0.4 is 10.1 Å². The molecule has 0 unspecified atom stereocenters. The molecular weight excluding hydrogens is 420 g/mol. The van der Waals surface area contributed by atoms with Gasteiger partial charge in [-0.2, -0.15) is 0 Å². The maximum Gasteiger partial charge on any atom is 0.408 e. The van der Waals surface area contributed by atoms with Crippen molar-refractivity contribution >= 4 is 29.3 Å². The molecule has 0 aliphatic rings. The number of methoxy groups -OCH3 is 2. The van der Waals surface area contributed by atoms with Crippen molar-refractivity contribution in [2.45, 2.75) is 39.0 Å². The summed E-state index contributed by atoms with van der Waals surface area (Å²) in [6.07, 6.45) is -0.758. The number of carbonyl (C=O) groups excluding carboxylic acids is 3. The number of amides is 2. The molecule has 31 heavy (non-hydrogen) atoms. The SMILES string of the molecule is COC(=O)CN(Cc1cccs1)C(=O)[C@H](NC(=O)OC(C)(C)C)c1ccccc1OC. The van der Waals surface area contributed by atoms with Gasteiger partial charge in [0.25, 0.3) is 5.91 Å². The molecule has 8 nitrogen and oxygen atoms in total. The van der Waals surface area contributed by atoms with Gasteiger partial charge in [-0.3, -0.25) is 9.59 Å². The van der Waals surface area contributed by atoms with Gasteiger partial charge in [-0.15, -0.1) is 11.3 Å². The average molecular weight is 449 g/mol. The van der Waals surface area contributed by atoms with Crippen LogP contribution in [-0.4, -0.2) is 49.2 Å². The van der Waals surface area contributed by atoms with Crippen LogP contribution >= 0.6 is 11.3 Å². The van der Waals surface area contributed by atoms with Gasteiger partial charge in [-0.25, -0.2) is 4.79 Å². The molecule has 1 heterocycles. The van der Waals surface area contributed by atoms with Crippen LogP contribution in [-0.2, 0) is 25.6 Å². The van der Waals surface area contributed by atoms with Crippen molar-refractivity contribution in [3.05, 3.63) is 52.2 Å². The highest BCUT2D eigenvalue weighted by Crippen LogP contribution is 2.28. The summed E-state index contributed by atoms with van der Waals surface area (Å²) in [6.45, 7) is 5.11. The highest BCUT2D eigenvalue weighted by Gasteiger charge is 2.32. The first-order valence-electron chi connectivity index (χ1n) is 9.65. The summed E-state index contributed by atoms with van der Waals surface area (Å²) in [5, 5.41) is 4.52. The Morgan fingerprint density at radius 1 is 1.10 bits per heavy atom. The number of rotatable bonds is 8. The van der Waals surface area contributed by atoms with Crippen LogP contribution in [0.4, 0.5) is 4.79 Å². The molecule has 0 saturated heterocycles. The van der Waals surface area contributed by atoms with Gasteiger partial charge in [0.15, 0.2) is 0 Å². The van der Waals surface area contributed by atoms with Crippen LogP contribution in [0.15, 0.2) is 41.8 Å². The van der Waals surface area contributed by atoms with Gasteiger partial charge < -0.3 is 24.4 Å². The smallest absolute Gasteiger partial charge is 0.408 e. The van der Waals surface area contributed by atoms with Crippen LogP contribution in [0.5, 0.6) is 5.75 Å². The fraction of sp³-hybridized carbons (Fsp3) is 0.409. The van der Waals surface area contributed by atoms with Crippen molar-refractivity contribution < 1.29 is 28.6 Å². The number of carbonyl (C=O) groups is 3. The molecule has 0 aliphatic carbocycles. The number of thiophene rings is 1. The number of para-hydroxylation sites is 1. The second-order valence-electron chi connectivity index (χ2n) is 7.67. The number of esters is 1. The van der Waals surface area contributed by atoms with E-state index in [9.17, 15) is 14.4 Å². The van der Waals surface area contributed by atoms with Gasteiger partial charge in [-0.05, 0) is 38.3 Å². The summed E-state index contributed by atoms with van der Waals surface area (Å²) in [5.41, 5.74) is -0.303. The predicted molar refractivity (Wildman–Crippen MR) is 117 cm³/mol. The third kappa shape index (κ3) is 7.29. The molecule has 1 atom stereocenters. The lowest BCUT2D eigenvalue weighted by Gasteiger charge is -2.29. The summed E-state index contributed by atoms with van der Waals surface area (Å²) < 4.78 is 15.5. The van der Waals surface area contributed by atoms with E-state index in [0.717, 1.165) is 4.88 Å². The van der Waals surface area contributed by atoms with Crippen molar-refractivity contribution in [3.63, 3.8) is 0 Å². The topological polar surface area (TPSA) is 94.2 Å². The second-order valence-corrected chi connectivity index (χ2v) is 8.70. The molecule has 9 heteroatoms. The third-order valence-corrected chi connectivity index (χ3v) is 5.01. The quantitative estimate of drug-likeness (QED) is 0.621.